The van der Waals surface area contributed by atoms with Crippen LogP contribution in [0.15, 0.2) is 42.5 Å². The van der Waals surface area contributed by atoms with Crippen LogP contribution in [-0.4, -0.2) is 71.7 Å². The Morgan fingerprint density at radius 1 is 1.11 bits per heavy atom. The normalized spacial score (nSPS) is 16.1. The smallest absolute Gasteiger partial charge is 0.311 e. The number of thiocarbonyl (C=S) groups is 1. The van der Waals surface area contributed by atoms with Crippen molar-refractivity contribution in [1.82, 2.24) is 20.9 Å². The maximum atomic E-state index is 12.8. The first-order valence-electron chi connectivity index (χ1n) is 11.9. The minimum atomic E-state index is -0.601. The highest BCUT2D eigenvalue weighted by molar-refractivity contribution is 7.80. The SMILES string of the molecule is CC(C)C[C@@H]([B]O)NC(=S)CNC(=O)[C@@H]1CCCN1C(=O)CNC(=O)c1cccc2ccccc12. The molecule has 10 heteroatoms. The number of amides is 3. The molecule has 35 heavy (non-hydrogen) atoms. The molecule has 0 unspecified atom stereocenters. The summed E-state index contributed by atoms with van der Waals surface area (Å²) in [5.41, 5.74) is 0.503. The predicted octanol–water partition coefficient (Wildman–Crippen LogP) is 1.58. The van der Waals surface area contributed by atoms with E-state index in [2.05, 4.69) is 16.0 Å². The predicted molar refractivity (Wildman–Crippen MR) is 141 cm³/mol. The van der Waals surface area contributed by atoms with Gasteiger partial charge >= 0.3 is 7.48 Å². The summed E-state index contributed by atoms with van der Waals surface area (Å²) in [5.74, 6) is -0.831. The summed E-state index contributed by atoms with van der Waals surface area (Å²) in [6.07, 6.45) is 1.97. The fourth-order valence-electron chi connectivity index (χ4n) is 4.32. The maximum absolute atomic E-state index is 12.8. The highest BCUT2D eigenvalue weighted by Crippen LogP contribution is 2.19. The molecule has 4 N–H and O–H groups in total. The molecular formula is C25H32BN4O4S. The Morgan fingerprint density at radius 3 is 2.60 bits per heavy atom. The van der Waals surface area contributed by atoms with Gasteiger partial charge in [0, 0.05) is 18.0 Å². The Kier molecular flexibility index (Phi) is 9.62. The van der Waals surface area contributed by atoms with Gasteiger partial charge in [-0.3, -0.25) is 14.4 Å². The second kappa shape index (κ2) is 12.6. The molecule has 0 aromatic heterocycles. The van der Waals surface area contributed by atoms with Gasteiger partial charge < -0.3 is 25.9 Å². The van der Waals surface area contributed by atoms with Crippen molar-refractivity contribution in [3.8, 4) is 0 Å². The van der Waals surface area contributed by atoms with Crippen LogP contribution in [0.5, 0.6) is 0 Å². The number of hydrogen-bond acceptors (Lipinski definition) is 5. The van der Waals surface area contributed by atoms with Gasteiger partial charge in [0.25, 0.3) is 5.91 Å². The van der Waals surface area contributed by atoms with Crippen molar-refractivity contribution in [3.63, 3.8) is 0 Å². The Balaban J connectivity index is 1.51. The number of rotatable bonds is 10. The van der Waals surface area contributed by atoms with E-state index in [4.69, 9.17) is 12.2 Å². The van der Waals surface area contributed by atoms with E-state index in [-0.39, 0.29) is 36.8 Å². The molecule has 0 spiro atoms. The molecule has 3 rings (SSSR count). The van der Waals surface area contributed by atoms with E-state index >= 15 is 0 Å². The summed E-state index contributed by atoms with van der Waals surface area (Å²) in [5, 5.41) is 19.6. The zero-order valence-electron chi connectivity index (χ0n) is 20.1. The molecule has 1 heterocycles. The van der Waals surface area contributed by atoms with Crippen molar-refractivity contribution in [2.75, 3.05) is 19.6 Å². The third-order valence-electron chi connectivity index (χ3n) is 5.99. The highest BCUT2D eigenvalue weighted by Gasteiger charge is 2.34. The molecule has 2 atom stereocenters. The number of benzene rings is 2. The molecule has 1 radical (unpaired) electrons. The van der Waals surface area contributed by atoms with Crippen LogP contribution in [0.4, 0.5) is 0 Å². The first kappa shape index (κ1) is 26.6. The second-order valence-electron chi connectivity index (χ2n) is 9.12. The molecule has 3 amide bonds. The number of nitrogens with one attached hydrogen (secondary N) is 3. The number of likely N-dealkylation sites (tertiary alicyclic amines) is 1. The summed E-state index contributed by atoms with van der Waals surface area (Å²) in [6.45, 7) is 4.47. The molecule has 1 aliphatic heterocycles. The molecule has 0 saturated carbocycles. The lowest BCUT2D eigenvalue weighted by Crippen LogP contribution is -2.51. The van der Waals surface area contributed by atoms with Crippen LogP contribution in [0, 0.1) is 5.92 Å². The van der Waals surface area contributed by atoms with E-state index < -0.39 is 6.04 Å². The Morgan fingerprint density at radius 2 is 1.86 bits per heavy atom. The van der Waals surface area contributed by atoms with E-state index in [1.807, 2.05) is 50.2 Å². The monoisotopic (exact) mass is 495 g/mol. The summed E-state index contributed by atoms with van der Waals surface area (Å²) in [4.78, 5) is 40.3. The first-order chi connectivity index (χ1) is 16.8. The number of fused-ring (bicyclic) bond motifs is 1. The van der Waals surface area contributed by atoms with Gasteiger partial charge in [-0.15, -0.1) is 0 Å². The fourth-order valence-corrected chi connectivity index (χ4v) is 4.55. The lowest BCUT2D eigenvalue weighted by molar-refractivity contribution is -0.137. The van der Waals surface area contributed by atoms with Crippen LogP contribution >= 0.6 is 12.2 Å². The molecule has 2 aromatic rings. The van der Waals surface area contributed by atoms with E-state index in [1.165, 1.54) is 4.90 Å². The molecule has 1 saturated heterocycles. The van der Waals surface area contributed by atoms with Crippen molar-refractivity contribution >= 4 is 53.2 Å². The van der Waals surface area contributed by atoms with Crippen molar-refractivity contribution in [2.45, 2.75) is 45.1 Å². The van der Waals surface area contributed by atoms with Gasteiger partial charge in [0.05, 0.1) is 18.1 Å². The number of nitrogens with zero attached hydrogens (tertiary/aromatic N) is 1. The summed E-state index contributed by atoms with van der Waals surface area (Å²) in [7, 11) is 1.07. The van der Waals surface area contributed by atoms with Gasteiger partial charge in [0.1, 0.15) is 6.04 Å². The molecule has 2 aromatic carbocycles. The largest absolute Gasteiger partial charge is 0.452 e. The van der Waals surface area contributed by atoms with Crippen molar-refractivity contribution in [2.24, 2.45) is 5.92 Å². The summed E-state index contributed by atoms with van der Waals surface area (Å²) >= 11 is 5.29. The maximum Gasteiger partial charge on any atom is 0.311 e. The van der Waals surface area contributed by atoms with Gasteiger partial charge in [0.2, 0.25) is 11.8 Å². The van der Waals surface area contributed by atoms with Gasteiger partial charge in [0.15, 0.2) is 0 Å². The van der Waals surface area contributed by atoms with Crippen molar-refractivity contribution in [3.05, 3.63) is 48.0 Å². The van der Waals surface area contributed by atoms with Crippen LogP contribution < -0.4 is 16.0 Å². The lowest BCUT2D eigenvalue weighted by atomic mass is 9.82. The highest BCUT2D eigenvalue weighted by atomic mass is 32.1. The number of carbonyl (C=O) groups excluding carboxylic acids is 3. The van der Waals surface area contributed by atoms with E-state index in [0.29, 0.717) is 42.3 Å². The number of hydrogen-bond donors (Lipinski definition) is 4. The zero-order valence-corrected chi connectivity index (χ0v) is 20.9. The lowest BCUT2D eigenvalue weighted by Gasteiger charge is -2.25. The fraction of sp³-hybridized carbons (Fsp3) is 0.440. The van der Waals surface area contributed by atoms with Crippen LogP contribution in [0.1, 0.15) is 43.5 Å². The third kappa shape index (κ3) is 7.25. The quantitative estimate of drug-likeness (QED) is 0.294. The third-order valence-corrected chi connectivity index (χ3v) is 6.25. The molecule has 8 nitrogen and oxygen atoms in total. The molecule has 1 fully saturated rings. The van der Waals surface area contributed by atoms with Crippen LogP contribution in [0.2, 0.25) is 0 Å². The first-order valence-corrected chi connectivity index (χ1v) is 12.3. The average molecular weight is 495 g/mol. The van der Waals surface area contributed by atoms with Gasteiger partial charge in [-0.2, -0.15) is 0 Å². The Hall–Kier alpha value is -2.98. The molecular weight excluding hydrogens is 463 g/mol. The van der Waals surface area contributed by atoms with Gasteiger partial charge in [-0.25, -0.2) is 0 Å². The molecule has 0 aliphatic carbocycles. The molecule has 1 aliphatic rings. The standard InChI is InChI=1S/C25H32BN4O4S/c1-16(2)13-21(26-34)29-22(35)14-27-25(33)20-11-6-12-30(20)23(31)15-28-24(32)19-10-5-8-17-7-3-4-9-18(17)19/h3-5,7-10,16,20-21,34H,6,11-15H2,1-2H3,(H,27,33)(H,28,32)(H,29,35)/t20-,21-/m0/s1. The van der Waals surface area contributed by atoms with E-state index in [1.54, 1.807) is 6.07 Å². The Bertz CT molecular complexity index is 1080. The second-order valence-corrected chi connectivity index (χ2v) is 9.62. The van der Waals surface area contributed by atoms with E-state index in [0.717, 1.165) is 18.3 Å². The zero-order chi connectivity index (χ0) is 25.4. The average Bonchev–Trinajstić information content (AvgIpc) is 3.35. The summed E-state index contributed by atoms with van der Waals surface area (Å²) in [6, 6.07) is 12.4. The summed E-state index contributed by atoms with van der Waals surface area (Å²) < 4.78 is 0. The minimum Gasteiger partial charge on any atom is -0.452 e. The van der Waals surface area contributed by atoms with Crippen LogP contribution in [0.3, 0.4) is 0 Å². The van der Waals surface area contributed by atoms with Gasteiger partial charge in [-0.05, 0) is 42.0 Å². The Labute approximate surface area is 212 Å². The van der Waals surface area contributed by atoms with E-state index in [9.17, 15) is 19.4 Å². The topological polar surface area (TPSA) is 111 Å². The van der Waals surface area contributed by atoms with Crippen molar-refractivity contribution < 1.29 is 19.4 Å². The van der Waals surface area contributed by atoms with Gasteiger partial charge in [-0.1, -0.05) is 62.5 Å². The molecule has 0 bridgehead atoms. The van der Waals surface area contributed by atoms with Crippen LogP contribution in [-0.2, 0) is 9.59 Å². The minimum absolute atomic E-state index is 0.118. The van der Waals surface area contributed by atoms with Crippen molar-refractivity contribution in [1.29, 1.82) is 0 Å². The number of carbonyl (C=O) groups is 3. The molecule has 185 valence electrons. The van der Waals surface area contributed by atoms with Crippen LogP contribution in [0.25, 0.3) is 10.8 Å².